The van der Waals surface area contributed by atoms with Crippen molar-refractivity contribution in [2.24, 2.45) is 11.3 Å². The lowest BCUT2D eigenvalue weighted by molar-refractivity contribution is 0.273. The van der Waals surface area contributed by atoms with Gasteiger partial charge >= 0.3 is 0 Å². The largest absolute Gasteiger partial charge is 0.355 e. The second-order valence-electron chi connectivity index (χ2n) is 7.23. The standard InChI is InChI=1S/C17H33N3/c1-7-8-9-10-17(5,6)13-20-12-15(4)19-16(20)18-11-14(2)3/h12,14H,7-11,13H2,1-6H3,(H,18,19). The number of imidazole rings is 1. The van der Waals surface area contributed by atoms with Crippen LogP contribution < -0.4 is 5.32 Å². The number of rotatable bonds is 9. The molecule has 20 heavy (non-hydrogen) atoms. The highest BCUT2D eigenvalue weighted by Gasteiger charge is 2.20. The summed E-state index contributed by atoms with van der Waals surface area (Å²) in [5.74, 6) is 1.66. The molecule has 0 radical (unpaired) electrons. The van der Waals surface area contributed by atoms with E-state index in [0.29, 0.717) is 11.3 Å². The van der Waals surface area contributed by atoms with Gasteiger partial charge in [0.1, 0.15) is 0 Å². The first-order valence-electron chi connectivity index (χ1n) is 8.11. The van der Waals surface area contributed by atoms with Crippen molar-refractivity contribution in [2.75, 3.05) is 11.9 Å². The van der Waals surface area contributed by atoms with Gasteiger partial charge in [-0.3, -0.25) is 0 Å². The van der Waals surface area contributed by atoms with Gasteiger partial charge in [0.05, 0.1) is 5.69 Å². The third kappa shape index (κ3) is 5.98. The highest BCUT2D eigenvalue weighted by molar-refractivity contribution is 5.28. The molecule has 1 N–H and O–H groups in total. The number of aryl methyl sites for hydroxylation is 1. The molecule has 0 unspecified atom stereocenters. The molecule has 0 saturated carbocycles. The SMILES string of the molecule is CCCCCC(C)(C)Cn1cc(C)nc1NCC(C)C. The van der Waals surface area contributed by atoms with Gasteiger partial charge in [0.25, 0.3) is 0 Å². The van der Waals surface area contributed by atoms with Crippen LogP contribution >= 0.6 is 0 Å². The molecule has 0 fully saturated rings. The van der Waals surface area contributed by atoms with Crippen LogP contribution in [0.1, 0.15) is 66.0 Å². The molecule has 1 aromatic rings. The van der Waals surface area contributed by atoms with Crippen molar-refractivity contribution in [2.45, 2.75) is 73.8 Å². The highest BCUT2D eigenvalue weighted by atomic mass is 15.2. The minimum absolute atomic E-state index is 0.330. The van der Waals surface area contributed by atoms with E-state index >= 15 is 0 Å². The zero-order chi connectivity index (χ0) is 15.2. The molecule has 3 heteroatoms. The molecule has 1 aromatic heterocycles. The molecule has 0 amide bonds. The van der Waals surface area contributed by atoms with Crippen LogP contribution in [0.5, 0.6) is 0 Å². The van der Waals surface area contributed by atoms with Gasteiger partial charge in [-0.05, 0) is 24.7 Å². The van der Waals surface area contributed by atoms with E-state index in [-0.39, 0.29) is 0 Å². The van der Waals surface area contributed by atoms with E-state index in [1.807, 2.05) is 0 Å². The molecule has 0 aromatic carbocycles. The topological polar surface area (TPSA) is 29.9 Å². The lowest BCUT2D eigenvalue weighted by atomic mass is 9.87. The van der Waals surface area contributed by atoms with Crippen LogP contribution in [0.15, 0.2) is 6.20 Å². The van der Waals surface area contributed by atoms with Crippen LogP contribution in [0.4, 0.5) is 5.95 Å². The fourth-order valence-electron chi connectivity index (χ4n) is 2.50. The summed E-state index contributed by atoms with van der Waals surface area (Å²) < 4.78 is 2.30. The third-order valence-electron chi connectivity index (χ3n) is 3.62. The van der Waals surface area contributed by atoms with Gasteiger partial charge < -0.3 is 9.88 Å². The number of hydrogen-bond donors (Lipinski definition) is 1. The first-order valence-corrected chi connectivity index (χ1v) is 8.11. The lowest BCUT2D eigenvalue weighted by Gasteiger charge is -2.26. The van der Waals surface area contributed by atoms with E-state index in [9.17, 15) is 0 Å². The molecule has 0 atom stereocenters. The first kappa shape index (κ1) is 17.1. The molecule has 3 nitrogen and oxygen atoms in total. The first-order chi connectivity index (χ1) is 9.34. The molecule has 1 heterocycles. The normalized spacial score (nSPS) is 12.2. The van der Waals surface area contributed by atoms with E-state index < -0.39 is 0 Å². The van der Waals surface area contributed by atoms with Gasteiger partial charge in [0.15, 0.2) is 0 Å². The smallest absolute Gasteiger partial charge is 0.203 e. The number of nitrogens with zero attached hydrogens (tertiary/aromatic N) is 2. The maximum atomic E-state index is 4.62. The maximum Gasteiger partial charge on any atom is 0.203 e. The zero-order valence-corrected chi connectivity index (χ0v) is 14.3. The van der Waals surface area contributed by atoms with Crippen molar-refractivity contribution in [3.8, 4) is 0 Å². The Morgan fingerprint density at radius 1 is 1.30 bits per heavy atom. The fourth-order valence-corrected chi connectivity index (χ4v) is 2.50. The Bertz CT molecular complexity index is 391. The van der Waals surface area contributed by atoms with Gasteiger partial charge in [-0.1, -0.05) is 53.9 Å². The molecule has 0 aliphatic rings. The molecule has 0 aliphatic heterocycles. The molecule has 0 aliphatic carbocycles. The second-order valence-corrected chi connectivity index (χ2v) is 7.23. The summed E-state index contributed by atoms with van der Waals surface area (Å²) in [5, 5.41) is 3.48. The van der Waals surface area contributed by atoms with Crippen LogP contribution in [-0.2, 0) is 6.54 Å². The zero-order valence-electron chi connectivity index (χ0n) is 14.3. The Kier molecular flexibility index (Phi) is 6.57. The molecule has 0 spiro atoms. The Morgan fingerprint density at radius 3 is 2.60 bits per heavy atom. The Balaban J connectivity index is 2.65. The van der Waals surface area contributed by atoms with Crippen LogP contribution in [0, 0.1) is 18.3 Å². The van der Waals surface area contributed by atoms with Crippen molar-refractivity contribution in [3.63, 3.8) is 0 Å². The molecule has 0 bridgehead atoms. The summed E-state index contributed by atoms with van der Waals surface area (Å²) in [6.07, 6.45) is 7.41. The van der Waals surface area contributed by atoms with Crippen molar-refractivity contribution in [1.29, 1.82) is 0 Å². The van der Waals surface area contributed by atoms with E-state index in [1.54, 1.807) is 0 Å². The molecular weight excluding hydrogens is 246 g/mol. The summed E-state index contributed by atoms with van der Waals surface area (Å²) in [5.41, 5.74) is 1.43. The maximum absolute atomic E-state index is 4.62. The van der Waals surface area contributed by atoms with Crippen LogP contribution in [0.25, 0.3) is 0 Å². The average Bonchev–Trinajstić information content (AvgIpc) is 2.66. The molecule has 0 saturated heterocycles. The summed E-state index contributed by atoms with van der Waals surface area (Å²) >= 11 is 0. The van der Waals surface area contributed by atoms with Crippen LogP contribution in [0.3, 0.4) is 0 Å². The average molecular weight is 279 g/mol. The predicted octanol–water partition coefficient (Wildman–Crippen LogP) is 4.87. The Morgan fingerprint density at radius 2 is 2.00 bits per heavy atom. The minimum atomic E-state index is 0.330. The predicted molar refractivity (Wildman–Crippen MR) is 88.2 cm³/mol. The Hall–Kier alpha value is -0.990. The summed E-state index contributed by atoms with van der Waals surface area (Å²) in [7, 11) is 0. The Labute approximate surface area is 125 Å². The van der Waals surface area contributed by atoms with Crippen molar-refractivity contribution in [3.05, 3.63) is 11.9 Å². The number of hydrogen-bond acceptors (Lipinski definition) is 2. The van der Waals surface area contributed by atoms with Crippen LogP contribution in [0.2, 0.25) is 0 Å². The van der Waals surface area contributed by atoms with Crippen LogP contribution in [-0.4, -0.2) is 16.1 Å². The van der Waals surface area contributed by atoms with Gasteiger partial charge in [0, 0.05) is 19.3 Å². The van der Waals surface area contributed by atoms with E-state index in [4.69, 9.17) is 0 Å². The third-order valence-corrected chi connectivity index (χ3v) is 3.62. The van der Waals surface area contributed by atoms with Crippen molar-refractivity contribution in [1.82, 2.24) is 9.55 Å². The number of nitrogens with one attached hydrogen (secondary N) is 1. The van der Waals surface area contributed by atoms with Crippen molar-refractivity contribution >= 4 is 5.95 Å². The number of anilines is 1. The molecule has 1 rings (SSSR count). The minimum Gasteiger partial charge on any atom is -0.355 e. The summed E-state index contributed by atoms with van der Waals surface area (Å²) in [6.45, 7) is 15.5. The highest BCUT2D eigenvalue weighted by Crippen LogP contribution is 2.27. The summed E-state index contributed by atoms with van der Waals surface area (Å²) in [6, 6.07) is 0. The monoisotopic (exact) mass is 279 g/mol. The molecule has 116 valence electrons. The van der Waals surface area contributed by atoms with E-state index in [1.165, 1.54) is 25.7 Å². The van der Waals surface area contributed by atoms with Crippen molar-refractivity contribution < 1.29 is 0 Å². The van der Waals surface area contributed by atoms with Gasteiger partial charge in [-0.25, -0.2) is 4.98 Å². The van der Waals surface area contributed by atoms with Gasteiger partial charge in [0.2, 0.25) is 5.95 Å². The number of aromatic nitrogens is 2. The van der Waals surface area contributed by atoms with E-state index in [0.717, 1.165) is 24.7 Å². The quantitative estimate of drug-likeness (QED) is 0.654. The molecular formula is C17H33N3. The van der Waals surface area contributed by atoms with E-state index in [2.05, 4.69) is 62.6 Å². The number of unbranched alkanes of at least 4 members (excludes halogenated alkanes) is 2. The fraction of sp³-hybridized carbons (Fsp3) is 0.824. The summed E-state index contributed by atoms with van der Waals surface area (Å²) in [4.78, 5) is 4.62. The lowest BCUT2D eigenvalue weighted by Crippen LogP contribution is -2.21. The van der Waals surface area contributed by atoms with Gasteiger partial charge in [-0.2, -0.15) is 0 Å². The second kappa shape index (κ2) is 7.70. The van der Waals surface area contributed by atoms with Gasteiger partial charge in [-0.15, -0.1) is 0 Å².